The Morgan fingerprint density at radius 2 is 2.00 bits per heavy atom. The number of benzene rings is 1. The Morgan fingerprint density at radius 1 is 1.26 bits per heavy atom. The van der Waals surface area contributed by atoms with Gasteiger partial charge in [0, 0.05) is 28.8 Å². The topological polar surface area (TPSA) is 71.2 Å². The van der Waals surface area contributed by atoms with Crippen molar-refractivity contribution in [1.82, 2.24) is 4.98 Å². The maximum absolute atomic E-state index is 12.4. The molecule has 1 aliphatic rings. The number of amides is 1. The number of anilines is 1. The number of aryl methyl sites for hydroxylation is 1. The van der Waals surface area contributed by atoms with Crippen molar-refractivity contribution >= 4 is 28.6 Å². The zero-order chi connectivity index (χ0) is 16.2. The van der Waals surface area contributed by atoms with Crippen LogP contribution in [0.2, 0.25) is 0 Å². The van der Waals surface area contributed by atoms with E-state index in [-0.39, 0.29) is 17.8 Å². The number of methoxy groups -OCH3 is 1. The van der Waals surface area contributed by atoms with Gasteiger partial charge in [-0.25, -0.2) is 0 Å². The van der Waals surface area contributed by atoms with Crippen molar-refractivity contribution in [1.29, 1.82) is 0 Å². The monoisotopic (exact) mass is 314 g/mol. The molecule has 1 aromatic carbocycles. The number of nitrogens with one attached hydrogen (secondary N) is 2. The third-order valence-electron chi connectivity index (χ3n) is 4.59. The molecule has 0 atom stereocenters. The number of carbonyl (C=O) groups is 2. The van der Waals surface area contributed by atoms with Crippen LogP contribution >= 0.6 is 0 Å². The van der Waals surface area contributed by atoms with Crippen molar-refractivity contribution in [3.63, 3.8) is 0 Å². The van der Waals surface area contributed by atoms with Crippen LogP contribution in [0.25, 0.3) is 10.9 Å². The number of hydrogen-bond acceptors (Lipinski definition) is 3. The minimum atomic E-state index is -0.247. The number of hydrogen-bond donors (Lipinski definition) is 2. The van der Waals surface area contributed by atoms with Gasteiger partial charge in [-0.2, -0.15) is 0 Å². The van der Waals surface area contributed by atoms with Crippen LogP contribution in [0, 0.1) is 5.92 Å². The van der Waals surface area contributed by atoms with Crippen molar-refractivity contribution in [2.45, 2.75) is 38.5 Å². The van der Waals surface area contributed by atoms with Crippen molar-refractivity contribution < 1.29 is 14.3 Å². The van der Waals surface area contributed by atoms with Gasteiger partial charge in [-0.05, 0) is 25.3 Å². The molecule has 1 fully saturated rings. The molecule has 1 aromatic heterocycles. The van der Waals surface area contributed by atoms with Crippen LogP contribution in [-0.4, -0.2) is 24.0 Å². The highest BCUT2D eigenvalue weighted by Gasteiger charge is 2.24. The van der Waals surface area contributed by atoms with Crippen molar-refractivity contribution in [2.24, 2.45) is 5.92 Å². The third kappa shape index (κ3) is 3.38. The first-order valence-electron chi connectivity index (χ1n) is 8.16. The van der Waals surface area contributed by atoms with Crippen molar-refractivity contribution in [3.05, 3.63) is 29.8 Å². The molecule has 3 rings (SSSR count). The highest BCUT2D eigenvalue weighted by atomic mass is 16.5. The molecular weight excluding hydrogens is 292 g/mol. The molecule has 0 saturated heterocycles. The molecule has 1 aliphatic carbocycles. The number of fused-ring (bicyclic) bond motifs is 1. The Kier molecular flexibility index (Phi) is 4.65. The molecule has 2 N–H and O–H groups in total. The van der Waals surface area contributed by atoms with E-state index in [0.717, 1.165) is 42.1 Å². The SMILES string of the molecule is COC(=O)CCc1c(NC(=O)C2CCCC2)[nH]c2ccccc12. The van der Waals surface area contributed by atoms with Gasteiger partial charge in [-0.3, -0.25) is 9.59 Å². The number of H-pyrrole nitrogens is 1. The Labute approximate surface area is 135 Å². The average Bonchev–Trinajstić information content (AvgIpc) is 3.20. The molecule has 0 bridgehead atoms. The standard InChI is InChI=1S/C18H22N2O3/c1-23-16(21)11-10-14-13-8-4-5-9-15(13)19-17(14)20-18(22)12-6-2-3-7-12/h4-5,8-9,12,19H,2-3,6-7,10-11H2,1H3,(H,20,22). The summed E-state index contributed by atoms with van der Waals surface area (Å²) in [4.78, 5) is 27.2. The van der Waals surface area contributed by atoms with Crippen LogP contribution in [0.15, 0.2) is 24.3 Å². The fourth-order valence-electron chi connectivity index (χ4n) is 3.31. The maximum Gasteiger partial charge on any atom is 0.305 e. The predicted molar refractivity (Wildman–Crippen MR) is 89.2 cm³/mol. The Balaban J connectivity index is 1.85. The Hall–Kier alpha value is -2.30. The number of carbonyl (C=O) groups excluding carboxylic acids is 2. The van der Waals surface area contributed by atoms with Gasteiger partial charge in [0.25, 0.3) is 0 Å². The van der Waals surface area contributed by atoms with E-state index in [0.29, 0.717) is 18.7 Å². The third-order valence-corrected chi connectivity index (χ3v) is 4.59. The molecule has 0 aliphatic heterocycles. The summed E-state index contributed by atoms with van der Waals surface area (Å²) in [6.07, 6.45) is 5.01. The number of rotatable bonds is 5. The lowest BCUT2D eigenvalue weighted by Gasteiger charge is -2.11. The summed E-state index contributed by atoms with van der Waals surface area (Å²) >= 11 is 0. The van der Waals surface area contributed by atoms with E-state index >= 15 is 0 Å². The summed E-state index contributed by atoms with van der Waals surface area (Å²) in [5.41, 5.74) is 1.94. The number of aromatic nitrogens is 1. The molecule has 122 valence electrons. The van der Waals surface area contributed by atoms with Gasteiger partial charge < -0.3 is 15.0 Å². The van der Waals surface area contributed by atoms with Gasteiger partial charge in [0.05, 0.1) is 7.11 Å². The van der Waals surface area contributed by atoms with Crippen LogP contribution in [-0.2, 0) is 20.7 Å². The first-order chi connectivity index (χ1) is 11.2. The number of esters is 1. The zero-order valence-electron chi connectivity index (χ0n) is 13.4. The van der Waals surface area contributed by atoms with Crippen LogP contribution in [0.3, 0.4) is 0 Å². The van der Waals surface area contributed by atoms with Gasteiger partial charge in [-0.1, -0.05) is 31.0 Å². The van der Waals surface area contributed by atoms with Crippen LogP contribution in [0.5, 0.6) is 0 Å². The lowest BCUT2D eigenvalue weighted by Crippen LogP contribution is -2.21. The molecule has 5 nitrogen and oxygen atoms in total. The Bertz CT molecular complexity index is 714. The highest BCUT2D eigenvalue weighted by molar-refractivity contribution is 5.98. The second-order valence-corrected chi connectivity index (χ2v) is 6.07. The fraction of sp³-hybridized carbons (Fsp3) is 0.444. The summed E-state index contributed by atoms with van der Waals surface area (Å²) in [6.45, 7) is 0. The largest absolute Gasteiger partial charge is 0.469 e. The molecule has 23 heavy (non-hydrogen) atoms. The lowest BCUT2D eigenvalue weighted by atomic mass is 10.1. The van der Waals surface area contributed by atoms with Crippen LogP contribution in [0.4, 0.5) is 5.82 Å². The molecule has 5 heteroatoms. The minimum Gasteiger partial charge on any atom is -0.469 e. The van der Waals surface area contributed by atoms with Gasteiger partial charge in [0.2, 0.25) is 5.91 Å². The van der Waals surface area contributed by atoms with Gasteiger partial charge in [0.15, 0.2) is 0 Å². The molecular formula is C18H22N2O3. The average molecular weight is 314 g/mol. The molecule has 1 saturated carbocycles. The molecule has 1 amide bonds. The molecule has 0 spiro atoms. The fourth-order valence-corrected chi connectivity index (χ4v) is 3.31. The van der Waals surface area contributed by atoms with Crippen LogP contribution in [0.1, 0.15) is 37.7 Å². The number of para-hydroxylation sites is 1. The molecule has 0 unspecified atom stereocenters. The summed E-state index contributed by atoms with van der Waals surface area (Å²) in [6, 6.07) is 7.89. The first-order valence-corrected chi connectivity index (χ1v) is 8.16. The van der Waals surface area contributed by atoms with E-state index in [4.69, 9.17) is 4.74 Å². The van der Waals surface area contributed by atoms with Crippen molar-refractivity contribution in [3.8, 4) is 0 Å². The number of ether oxygens (including phenoxy) is 1. The van der Waals surface area contributed by atoms with E-state index in [9.17, 15) is 9.59 Å². The summed E-state index contributed by atoms with van der Waals surface area (Å²) in [7, 11) is 1.39. The van der Waals surface area contributed by atoms with Gasteiger partial charge in [-0.15, -0.1) is 0 Å². The first kappa shape index (κ1) is 15.6. The molecule has 0 radical (unpaired) electrons. The van der Waals surface area contributed by atoms with Gasteiger partial charge >= 0.3 is 5.97 Å². The molecule has 1 heterocycles. The van der Waals surface area contributed by atoms with Crippen LogP contribution < -0.4 is 5.32 Å². The maximum atomic E-state index is 12.4. The zero-order valence-corrected chi connectivity index (χ0v) is 13.4. The number of aromatic amines is 1. The second kappa shape index (κ2) is 6.86. The van der Waals surface area contributed by atoms with E-state index in [1.807, 2.05) is 24.3 Å². The Morgan fingerprint density at radius 3 is 2.74 bits per heavy atom. The van der Waals surface area contributed by atoms with Gasteiger partial charge in [0.1, 0.15) is 5.82 Å². The normalized spacial score (nSPS) is 15.0. The summed E-state index contributed by atoms with van der Waals surface area (Å²) in [5, 5.41) is 4.08. The van der Waals surface area contributed by atoms with E-state index in [2.05, 4.69) is 10.3 Å². The quantitative estimate of drug-likeness (QED) is 0.831. The van der Waals surface area contributed by atoms with E-state index in [1.54, 1.807) is 0 Å². The summed E-state index contributed by atoms with van der Waals surface area (Å²) in [5.74, 6) is 0.651. The molecule has 2 aromatic rings. The smallest absolute Gasteiger partial charge is 0.305 e. The second-order valence-electron chi connectivity index (χ2n) is 6.07. The summed E-state index contributed by atoms with van der Waals surface area (Å²) < 4.78 is 4.73. The highest BCUT2D eigenvalue weighted by Crippen LogP contribution is 2.30. The van der Waals surface area contributed by atoms with E-state index in [1.165, 1.54) is 7.11 Å². The van der Waals surface area contributed by atoms with E-state index < -0.39 is 0 Å². The minimum absolute atomic E-state index is 0.0772. The van der Waals surface area contributed by atoms with Crippen molar-refractivity contribution in [2.75, 3.05) is 12.4 Å². The lowest BCUT2D eigenvalue weighted by molar-refractivity contribution is -0.140. The predicted octanol–water partition coefficient (Wildman–Crippen LogP) is 3.40.